The Morgan fingerprint density at radius 3 is 1.60 bits per heavy atom. The minimum atomic E-state index is -4.62. The van der Waals surface area contributed by atoms with E-state index in [4.69, 9.17) is 18.5 Å². The van der Waals surface area contributed by atoms with Crippen LogP contribution >= 0.6 is 7.82 Å². The highest BCUT2D eigenvalue weighted by Gasteiger charge is 2.21. The number of carbonyl (C=O) groups excluding carboxylic acids is 2. The van der Waals surface area contributed by atoms with Crippen LogP contribution in [0.15, 0.2) is 24.3 Å². The van der Waals surface area contributed by atoms with Crippen molar-refractivity contribution in [3.63, 3.8) is 0 Å². The lowest BCUT2D eigenvalue weighted by Gasteiger charge is -2.28. The molecule has 0 rings (SSSR count). The number of unbranched alkanes of at least 4 members (excludes halogenated alkanes) is 16. The summed E-state index contributed by atoms with van der Waals surface area (Å²) in [5, 5.41) is 0. The predicted molar refractivity (Wildman–Crippen MR) is 194 cm³/mol. The molecular weight excluding hydrogens is 629 g/mol. The van der Waals surface area contributed by atoms with E-state index in [1.807, 2.05) is 21.1 Å². The molecule has 0 saturated heterocycles. The summed E-state index contributed by atoms with van der Waals surface area (Å²) in [7, 11) is 1.15. The predicted octanol–water partition coefficient (Wildman–Crippen LogP) is 9.38. The van der Waals surface area contributed by atoms with Crippen molar-refractivity contribution in [3.05, 3.63) is 24.3 Å². The van der Waals surface area contributed by atoms with E-state index in [0.29, 0.717) is 17.4 Å². The number of rotatable bonds is 34. The fraction of sp³-hybridized carbons (Fsp3) is 0.842. The van der Waals surface area contributed by atoms with Crippen molar-refractivity contribution in [1.29, 1.82) is 0 Å². The van der Waals surface area contributed by atoms with E-state index in [1.165, 1.54) is 44.9 Å². The number of allylic oxidation sites excluding steroid dienone is 4. The Hall–Kier alpha value is -1.51. The maximum absolute atomic E-state index is 12.6. The normalized spacial score (nSPS) is 14.0. The first-order valence-electron chi connectivity index (χ1n) is 19.0. The molecule has 9 nitrogen and oxygen atoms in total. The van der Waals surface area contributed by atoms with E-state index >= 15 is 0 Å². The Kier molecular flexibility index (Phi) is 30.5. The molecule has 0 bridgehead atoms. The number of likely N-dealkylation sites (N-methyl/N-ethyl adjacent to an activating group) is 1. The highest BCUT2D eigenvalue weighted by atomic mass is 31.2. The average Bonchev–Trinajstić information content (AvgIpc) is 3.02. The maximum Gasteiger partial charge on any atom is 0.306 e. The zero-order valence-corrected chi connectivity index (χ0v) is 32.3. The van der Waals surface area contributed by atoms with Gasteiger partial charge >= 0.3 is 11.9 Å². The van der Waals surface area contributed by atoms with Crippen LogP contribution in [0.3, 0.4) is 0 Å². The zero-order valence-electron chi connectivity index (χ0n) is 31.4. The van der Waals surface area contributed by atoms with Crippen molar-refractivity contribution in [1.82, 2.24) is 0 Å². The molecule has 48 heavy (non-hydrogen) atoms. The summed E-state index contributed by atoms with van der Waals surface area (Å²) in [6.45, 7) is 4.13. The molecule has 0 saturated carbocycles. The van der Waals surface area contributed by atoms with E-state index in [0.717, 1.165) is 77.0 Å². The molecule has 0 heterocycles. The van der Waals surface area contributed by atoms with Gasteiger partial charge in [0.2, 0.25) is 0 Å². The molecule has 0 N–H and O–H groups in total. The summed E-state index contributed by atoms with van der Waals surface area (Å²) in [4.78, 5) is 37.3. The largest absolute Gasteiger partial charge is 0.756 e. The van der Waals surface area contributed by atoms with Gasteiger partial charge in [0.25, 0.3) is 7.82 Å². The second-order valence-corrected chi connectivity index (χ2v) is 15.3. The molecule has 0 aromatic carbocycles. The molecule has 0 aliphatic heterocycles. The van der Waals surface area contributed by atoms with E-state index < -0.39 is 32.5 Å². The lowest BCUT2D eigenvalue weighted by atomic mass is 10.1. The Morgan fingerprint density at radius 2 is 1.08 bits per heavy atom. The summed E-state index contributed by atoms with van der Waals surface area (Å²) in [6, 6.07) is 0. The molecule has 0 aliphatic rings. The minimum absolute atomic E-state index is 0.0330. The van der Waals surface area contributed by atoms with Gasteiger partial charge in [0.15, 0.2) is 6.10 Å². The van der Waals surface area contributed by atoms with Gasteiger partial charge in [0, 0.05) is 12.8 Å². The molecule has 2 atom stereocenters. The van der Waals surface area contributed by atoms with Crippen LogP contribution in [0.2, 0.25) is 0 Å². The number of quaternary nitrogens is 1. The number of phosphoric ester groups is 1. The molecule has 1 unspecified atom stereocenters. The molecule has 0 aromatic rings. The lowest BCUT2D eigenvalue weighted by molar-refractivity contribution is -0.870. The summed E-state index contributed by atoms with van der Waals surface area (Å²) in [6.07, 6.45) is 30.6. The van der Waals surface area contributed by atoms with Crippen LogP contribution in [0, 0.1) is 0 Å². The first-order chi connectivity index (χ1) is 23.0. The third-order valence-corrected chi connectivity index (χ3v) is 8.91. The second kappa shape index (κ2) is 31.5. The van der Waals surface area contributed by atoms with Gasteiger partial charge in [-0.15, -0.1) is 0 Å². The molecule has 0 aromatic heterocycles. The summed E-state index contributed by atoms with van der Waals surface area (Å²) < 4.78 is 33.7. The van der Waals surface area contributed by atoms with E-state index in [-0.39, 0.29) is 26.1 Å². The minimum Gasteiger partial charge on any atom is -0.756 e. The standard InChI is InChI=1S/C38H72NO8P/c1-6-8-10-12-14-16-18-19-21-23-25-27-29-31-38(41)47-36(35-46-48(42,43)45-33-32-39(3,4)5)34-44-37(40)30-28-26-24-22-20-17-15-13-11-9-7-2/h13,15-16,18,36H,6-12,14,17,19-35H2,1-5H3/b15-13-,18-16-/t36-/m1/s1. The van der Waals surface area contributed by atoms with Crippen LogP contribution in [0.4, 0.5) is 0 Å². The Labute approximate surface area is 294 Å². The Bertz CT molecular complexity index is 886. The SMILES string of the molecule is CCCC/C=C\CCCCCCCC(=O)OC[C@H](COP(=O)([O-])OCC[N+](C)(C)C)OC(=O)CCCCCCC/C=C\CCCCCC. The van der Waals surface area contributed by atoms with Crippen molar-refractivity contribution in [3.8, 4) is 0 Å². The van der Waals surface area contributed by atoms with Crippen LogP contribution in [0.5, 0.6) is 0 Å². The number of ether oxygens (including phenoxy) is 2. The number of phosphoric acid groups is 1. The third kappa shape index (κ3) is 34.4. The van der Waals surface area contributed by atoms with Crippen molar-refractivity contribution in [2.45, 2.75) is 161 Å². The van der Waals surface area contributed by atoms with Gasteiger partial charge < -0.3 is 27.9 Å². The maximum atomic E-state index is 12.6. The first kappa shape index (κ1) is 46.5. The number of hydrogen-bond acceptors (Lipinski definition) is 8. The van der Waals surface area contributed by atoms with Crippen molar-refractivity contribution in [2.24, 2.45) is 0 Å². The van der Waals surface area contributed by atoms with Gasteiger partial charge in [-0.05, 0) is 57.8 Å². The van der Waals surface area contributed by atoms with Crippen LogP contribution < -0.4 is 4.89 Å². The molecule has 0 amide bonds. The quantitative estimate of drug-likeness (QED) is 0.0215. The molecular formula is C38H72NO8P. The van der Waals surface area contributed by atoms with Gasteiger partial charge in [-0.25, -0.2) is 0 Å². The first-order valence-corrected chi connectivity index (χ1v) is 20.5. The number of esters is 2. The average molecular weight is 702 g/mol. The third-order valence-electron chi connectivity index (χ3n) is 7.94. The van der Waals surface area contributed by atoms with Crippen LogP contribution in [0.1, 0.15) is 155 Å². The van der Waals surface area contributed by atoms with Gasteiger partial charge in [-0.2, -0.15) is 0 Å². The monoisotopic (exact) mass is 701 g/mol. The fourth-order valence-electron chi connectivity index (χ4n) is 4.86. The van der Waals surface area contributed by atoms with Gasteiger partial charge in [-0.1, -0.05) is 109 Å². The summed E-state index contributed by atoms with van der Waals surface area (Å²) >= 11 is 0. The zero-order chi connectivity index (χ0) is 35.8. The Balaban J connectivity index is 4.47. The van der Waals surface area contributed by atoms with Crippen molar-refractivity contribution in [2.75, 3.05) is 47.5 Å². The van der Waals surface area contributed by atoms with Gasteiger partial charge in [0.05, 0.1) is 27.7 Å². The number of nitrogens with zero attached hydrogens (tertiary/aromatic N) is 1. The number of carbonyl (C=O) groups is 2. The molecule has 0 spiro atoms. The molecule has 0 aliphatic carbocycles. The molecule has 282 valence electrons. The van der Waals surface area contributed by atoms with E-state index in [2.05, 4.69) is 38.2 Å². The molecule has 0 fully saturated rings. The van der Waals surface area contributed by atoms with Crippen LogP contribution in [-0.4, -0.2) is 70.0 Å². The highest BCUT2D eigenvalue weighted by molar-refractivity contribution is 7.45. The van der Waals surface area contributed by atoms with E-state index in [9.17, 15) is 19.0 Å². The smallest absolute Gasteiger partial charge is 0.306 e. The fourth-order valence-corrected chi connectivity index (χ4v) is 5.59. The molecule has 10 heteroatoms. The topological polar surface area (TPSA) is 111 Å². The number of hydrogen-bond donors (Lipinski definition) is 0. The van der Waals surface area contributed by atoms with Crippen molar-refractivity contribution < 1.29 is 42.1 Å². The highest BCUT2D eigenvalue weighted by Crippen LogP contribution is 2.38. The van der Waals surface area contributed by atoms with E-state index in [1.54, 1.807) is 0 Å². The van der Waals surface area contributed by atoms with Gasteiger partial charge in [-0.3, -0.25) is 14.2 Å². The van der Waals surface area contributed by atoms with Crippen molar-refractivity contribution >= 4 is 19.8 Å². The molecule has 0 radical (unpaired) electrons. The Morgan fingerprint density at radius 1 is 0.625 bits per heavy atom. The van der Waals surface area contributed by atoms with Crippen LogP contribution in [-0.2, 0) is 32.7 Å². The van der Waals surface area contributed by atoms with Gasteiger partial charge in [0.1, 0.15) is 19.8 Å². The summed E-state index contributed by atoms with van der Waals surface area (Å²) in [5.74, 6) is -0.858. The second-order valence-electron chi connectivity index (χ2n) is 13.9. The summed E-state index contributed by atoms with van der Waals surface area (Å²) in [5.41, 5.74) is 0. The van der Waals surface area contributed by atoms with Crippen LogP contribution in [0.25, 0.3) is 0 Å². The lowest BCUT2D eigenvalue weighted by Crippen LogP contribution is -2.37.